The van der Waals surface area contributed by atoms with E-state index in [9.17, 15) is 19.6 Å². The summed E-state index contributed by atoms with van der Waals surface area (Å²) in [5.74, 6) is -2.66. The van der Waals surface area contributed by atoms with Gasteiger partial charge in [-0.2, -0.15) is 0 Å². The maximum Gasteiger partial charge on any atom is 0.247 e. The third kappa shape index (κ3) is 9.50. The first-order valence-electron chi connectivity index (χ1n) is 12.2. The summed E-state index contributed by atoms with van der Waals surface area (Å²) < 4.78 is 0. The van der Waals surface area contributed by atoms with Gasteiger partial charge in [-0.05, 0) is 42.7 Å². The summed E-state index contributed by atoms with van der Waals surface area (Å²) in [6, 6.07) is 19.2. The second-order valence-corrected chi connectivity index (χ2v) is 9.18. The van der Waals surface area contributed by atoms with Crippen molar-refractivity contribution < 1.29 is 19.6 Å². The molecule has 0 radical (unpaired) electrons. The molecule has 0 bridgehead atoms. The van der Waals surface area contributed by atoms with Gasteiger partial charge in [0.15, 0.2) is 0 Å². The zero-order chi connectivity index (χ0) is 25.6. The molecular weight excluding hydrogens is 444 g/mol. The molecule has 8 nitrogen and oxygen atoms in total. The standard InChI is InChI=1S/C27H38N4O4/c1-20(2)18-24(23(27(34)30-35)15-9-14-21-10-5-3-6-11-21)26(33)29-31(25(32)16-17-28)19-22-12-7-4-8-13-22/h3-8,10-13,20,23-24,35H,9,14-19,28H2,1-2H3,(H,29,33)(H,30,34)/t23?,24-/m1/s1. The first kappa shape index (κ1) is 28.0. The van der Waals surface area contributed by atoms with Crippen LogP contribution >= 0.6 is 0 Å². The van der Waals surface area contributed by atoms with Crippen LogP contribution in [0.5, 0.6) is 0 Å². The van der Waals surface area contributed by atoms with Gasteiger partial charge < -0.3 is 5.73 Å². The zero-order valence-electron chi connectivity index (χ0n) is 20.7. The van der Waals surface area contributed by atoms with Gasteiger partial charge in [-0.25, -0.2) is 10.5 Å². The number of rotatable bonds is 13. The van der Waals surface area contributed by atoms with Crippen LogP contribution in [-0.4, -0.2) is 34.5 Å². The summed E-state index contributed by atoms with van der Waals surface area (Å²) in [7, 11) is 0. The topological polar surface area (TPSA) is 125 Å². The molecule has 2 aromatic rings. The van der Waals surface area contributed by atoms with Gasteiger partial charge in [0.05, 0.1) is 18.4 Å². The van der Waals surface area contributed by atoms with Crippen molar-refractivity contribution >= 4 is 17.7 Å². The number of nitrogens with zero attached hydrogens (tertiary/aromatic N) is 1. The normalized spacial score (nSPS) is 12.6. The van der Waals surface area contributed by atoms with Crippen LogP contribution in [0, 0.1) is 17.8 Å². The van der Waals surface area contributed by atoms with E-state index in [0.29, 0.717) is 19.3 Å². The van der Waals surface area contributed by atoms with Crippen molar-refractivity contribution in [2.75, 3.05) is 6.54 Å². The number of hydroxylamine groups is 1. The summed E-state index contributed by atoms with van der Waals surface area (Å²) in [5, 5.41) is 10.7. The van der Waals surface area contributed by atoms with Gasteiger partial charge in [-0.1, -0.05) is 74.5 Å². The highest BCUT2D eigenvalue weighted by atomic mass is 16.5. The molecule has 0 aliphatic rings. The Kier molecular flexibility index (Phi) is 11.9. The molecule has 190 valence electrons. The van der Waals surface area contributed by atoms with Crippen LogP contribution < -0.4 is 16.6 Å². The van der Waals surface area contributed by atoms with Gasteiger partial charge in [0.25, 0.3) is 0 Å². The average Bonchev–Trinajstić information content (AvgIpc) is 2.86. The third-order valence-corrected chi connectivity index (χ3v) is 5.91. The van der Waals surface area contributed by atoms with Gasteiger partial charge in [0.1, 0.15) is 0 Å². The molecule has 0 heterocycles. The maximum absolute atomic E-state index is 13.5. The average molecular weight is 483 g/mol. The Balaban J connectivity index is 2.20. The minimum absolute atomic E-state index is 0.0829. The molecule has 3 amide bonds. The Labute approximate surface area is 207 Å². The summed E-state index contributed by atoms with van der Waals surface area (Å²) in [6.07, 6.45) is 2.35. The molecule has 2 rings (SSSR count). The van der Waals surface area contributed by atoms with E-state index in [-0.39, 0.29) is 31.3 Å². The minimum atomic E-state index is -0.741. The Hall–Kier alpha value is -3.23. The van der Waals surface area contributed by atoms with Crippen LogP contribution in [0.25, 0.3) is 0 Å². The SMILES string of the molecule is CC(C)C[C@@H](C(=O)NN(Cc1ccccc1)C(=O)CCN)C(CCCc1ccccc1)C(=O)NO. The molecule has 0 fully saturated rings. The molecule has 0 saturated heterocycles. The van der Waals surface area contributed by atoms with Crippen LogP contribution in [0.15, 0.2) is 60.7 Å². The van der Waals surface area contributed by atoms with E-state index < -0.39 is 23.7 Å². The Morgan fingerprint density at radius 3 is 2.06 bits per heavy atom. The zero-order valence-corrected chi connectivity index (χ0v) is 20.7. The number of benzene rings is 2. The molecular formula is C27H38N4O4. The van der Waals surface area contributed by atoms with Crippen LogP contribution in [0.1, 0.15) is 50.7 Å². The summed E-state index contributed by atoms with van der Waals surface area (Å²) in [5.41, 5.74) is 12.1. The highest BCUT2D eigenvalue weighted by molar-refractivity contribution is 5.88. The second kappa shape index (κ2) is 14.9. The van der Waals surface area contributed by atoms with Crippen molar-refractivity contribution in [2.45, 2.75) is 52.5 Å². The lowest BCUT2D eigenvalue weighted by Gasteiger charge is -2.30. The molecule has 0 spiro atoms. The van der Waals surface area contributed by atoms with Gasteiger partial charge >= 0.3 is 0 Å². The first-order valence-corrected chi connectivity index (χ1v) is 12.2. The number of amides is 3. The van der Waals surface area contributed by atoms with Crippen LogP contribution in [0.3, 0.4) is 0 Å². The van der Waals surface area contributed by atoms with Gasteiger partial charge in [0.2, 0.25) is 17.7 Å². The Morgan fingerprint density at radius 1 is 0.914 bits per heavy atom. The van der Waals surface area contributed by atoms with Crippen molar-refractivity contribution in [3.63, 3.8) is 0 Å². The van der Waals surface area contributed by atoms with E-state index in [1.54, 1.807) is 5.48 Å². The summed E-state index contributed by atoms with van der Waals surface area (Å²) in [4.78, 5) is 38.9. The van der Waals surface area contributed by atoms with Crippen molar-refractivity contribution in [3.8, 4) is 0 Å². The van der Waals surface area contributed by atoms with E-state index in [1.807, 2.05) is 74.5 Å². The van der Waals surface area contributed by atoms with Gasteiger partial charge in [-0.15, -0.1) is 0 Å². The van der Waals surface area contributed by atoms with E-state index in [1.165, 1.54) is 5.01 Å². The molecule has 0 aliphatic heterocycles. The van der Waals surface area contributed by atoms with E-state index in [4.69, 9.17) is 5.73 Å². The fourth-order valence-corrected chi connectivity index (χ4v) is 4.16. The molecule has 2 atom stereocenters. The first-order chi connectivity index (χ1) is 16.8. The number of hydrogen-bond donors (Lipinski definition) is 4. The number of hydrazine groups is 1. The lowest BCUT2D eigenvalue weighted by atomic mass is 9.81. The van der Waals surface area contributed by atoms with Crippen LogP contribution in [0.4, 0.5) is 0 Å². The predicted molar refractivity (Wildman–Crippen MR) is 135 cm³/mol. The molecule has 8 heteroatoms. The monoisotopic (exact) mass is 482 g/mol. The molecule has 1 unspecified atom stereocenters. The van der Waals surface area contributed by atoms with Gasteiger partial charge in [0, 0.05) is 13.0 Å². The molecule has 35 heavy (non-hydrogen) atoms. The molecule has 0 aromatic heterocycles. The van der Waals surface area contributed by atoms with Crippen LogP contribution in [-0.2, 0) is 27.3 Å². The Morgan fingerprint density at radius 2 is 1.51 bits per heavy atom. The van der Waals surface area contributed by atoms with Gasteiger partial charge in [-0.3, -0.25) is 25.0 Å². The van der Waals surface area contributed by atoms with Crippen molar-refractivity contribution in [1.29, 1.82) is 0 Å². The second-order valence-electron chi connectivity index (χ2n) is 9.18. The number of carbonyl (C=O) groups is 3. The number of aryl methyl sites for hydroxylation is 1. The fourth-order valence-electron chi connectivity index (χ4n) is 4.16. The number of nitrogens with two attached hydrogens (primary N) is 1. The molecule has 0 aliphatic carbocycles. The minimum Gasteiger partial charge on any atom is -0.330 e. The maximum atomic E-state index is 13.5. The van der Waals surface area contributed by atoms with Crippen molar-refractivity contribution in [2.24, 2.45) is 23.5 Å². The van der Waals surface area contributed by atoms with Crippen molar-refractivity contribution in [3.05, 3.63) is 71.8 Å². The predicted octanol–water partition coefficient (Wildman–Crippen LogP) is 3.20. The third-order valence-electron chi connectivity index (χ3n) is 5.91. The smallest absolute Gasteiger partial charge is 0.247 e. The number of carbonyl (C=O) groups excluding carboxylic acids is 3. The fraction of sp³-hybridized carbons (Fsp3) is 0.444. The van der Waals surface area contributed by atoms with E-state index >= 15 is 0 Å². The highest BCUT2D eigenvalue weighted by Crippen LogP contribution is 2.27. The van der Waals surface area contributed by atoms with E-state index in [0.717, 1.165) is 17.5 Å². The lowest BCUT2D eigenvalue weighted by Crippen LogP contribution is -2.51. The quantitative estimate of drug-likeness (QED) is 0.258. The summed E-state index contributed by atoms with van der Waals surface area (Å²) in [6.45, 7) is 4.29. The largest absolute Gasteiger partial charge is 0.330 e. The van der Waals surface area contributed by atoms with Crippen LogP contribution in [0.2, 0.25) is 0 Å². The number of hydrogen-bond acceptors (Lipinski definition) is 5. The highest BCUT2D eigenvalue weighted by Gasteiger charge is 2.35. The lowest BCUT2D eigenvalue weighted by molar-refractivity contribution is -0.148. The number of nitrogens with one attached hydrogen (secondary N) is 2. The van der Waals surface area contributed by atoms with Crippen molar-refractivity contribution in [1.82, 2.24) is 15.9 Å². The van der Waals surface area contributed by atoms with E-state index in [2.05, 4.69) is 5.43 Å². The Bertz CT molecular complexity index is 921. The molecule has 5 N–H and O–H groups in total. The summed E-state index contributed by atoms with van der Waals surface area (Å²) >= 11 is 0. The molecule has 0 saturated carbocycles. The molecule has 2 aromatic carbocycles.